The predicted molar refractivity (Wildman–Crippen MR) is 180 cm³/mol. The number of nitrogens with zero attached hydrogens (tertiary/aromatic N) is 4. The van der Waals surface area contributed by atoms with Gasteiger partial charge in [-0.2, -0.15) is 18.2 Å². The molecule has 2 N–H and O–H groups in total. The molecule has 1 aliphatic carbocycles. The Morgan fingerprint density at radius 3 is 2.35 bits per heavy atom. The molecule has 0 saturated heterocycles. The number of pyridine rings is 1. The molecule has 0 aliphatic heterocycles. The maximum absolute atomic E-state index is 14.5. The second-order valence-corrected chi connectivity index (χ2v) is 14.7. The lowest BCUT2D eigenvalue weighted by atomic mass is 9.90. The zero-order valence-electron chi connectivity index (χ0n) is 27.4. The Labute approximate surface area is 287 Å². The van der Waals surface area contributed by atoms with Crippen LogP contribution < -0.4 is 14.8 Å². The topological polar surface area (TPSA) is 136 Å². The number of fused-ring (bicyclic) bond motifs is 1. The average Bonchev–Trinajstić information content (AvgIpc) is 3.03. The molecule has 0 atom stereocenters. The van der Waals surface area contributed by atoms with E-state index in [2.05, 4.69) is 25.0 Å². The lowest BCUT2D eigenvalue weighted by Crippen LogP contribution is -2.43. The number of methoxy groups -OCH3 is 1. The summed E-state index contributed by atoms with van der Waals surface area (Å²) in [4.78, 5) is 26.7. The standard InChI is InChI=1S/C33H36ClF3N6O5S/c1-32(2,3)48-31(44)43(4)22-12-10-21(11-13-22)39-30-38-18-20-16-19(17-24(28(20)41-30)33(35,36)37)23-14-15-27(40-29(23)47-5)42-49(45,46)26-9-7-6-8-25(26)34/h6-9,14-18,21-22H,10-13H2,1-5H3,(H,40,42)(H,38,39,41). The highest BCUT2D eigenvalue weighted by molar-refractivity contribution is 7.92. The van der Waals surface area contributed by atoms with Crippen LogP contribution in [0, 0.1) is 0 Å². The van der Waals surface area contributed by atoms with Crippen molar-refractivity contribution < 1.29 is 35.9 Å². The van der Waals surface area contributed by atoms with Gasteiger partial charge in [-0.15, -0.1) is 0 Å². The number of halogens is 4. The molecule has 1 aliphatic rings. The molecule has 5 rings (SSSR count). The molecule has 0 spiro atoms. The number of hydrogen-bond donors (Lipinski definition) is 2. The molecule has 4 aromatic rings. The third kappa shape index (κ3) is 8.44. The maximum Gasteiger partial charge on any atom is 0.418 e. The Hall–Kier alpha value is -4.37. The number of anilines is 2. The number of amides is 1. The molecule has 11 nitrogen and oxygen atoms in total. The van der Waals surface area contributed by atoms with Crippen molar-refractivity contribution in [3.8, 4) is 17.0 Å². The van der Waals surface area contributed by atoms with Gasteiger partial charge in [0.1, 0.15) is 16.3 Å². The first-order chi connectivity index (χ1) is 22.9. The van der Waals surface area contributed by atoms with Crippen LogP contribution in [0.4, 0.5) is 29.7 Å². The number of aromatic nitrogens is 3. The van der Waals surface area contributed by atoms with Gasteiger partial charge in [-0.05, 0) is 88.4 Å². The summed E-state index contributed by atoms with van der Waals surface area (Å²) < 4.78 is 82.3. The highest BCUT2D eigenvalue weighted by Crippen LogP contribution is 2.40. The monoisotopic (exact) mass is 720 g/mol. The number of rotatable bonds is 8. The van der Waals surface area contributed by atoms with Crippen molar-refractivity contribution in [2.24, 2.45) is 0 Å². The number of benzene rings is 2. The summed E-state index contributed by atoms with van der Waals surface area (Å²) in [7, 11) is -1.15. The molecule has 2 aromatic carbocycles. The first-order valence-corrected chi connectivity index (χ1v) is 17.2. The van der Waals surface area contributed by atoms with Crippen LogP contribution in [-0.2, 0) is 20.9 Å². The van der Waals surface area contributed by atoms with Crippen molar-refractivity contribution in [1.82, 2.24) is 19.9 Å². The second-order valence-electron chi connectivity index (χ2n) is 12.7. The SMILES string of the molecule is COc1nc(NS(=O)(=O)c2ccccc2Cl)ccc1-c1cc(C(F)(F)F)c2nc(NC3CCC(N(C)C(=O)OC(C)(C)C)CC3)ncc2c1. The highest BCUT2D eigenvalue weighted by atomic mass is 35.5. The molecule has 49 heavy (non-hydrogen) atoms. The zero-order valence-corrected chi connectivity index (χ0v) is 29.0. The van der Waals surface area contributed by atoms with E-state index in [1.807, 2.05) is 0 Å². The van der Waals surface area contributed by atoms with Crippen LogP contribution in [0.2, 0.25) is 5.02 Å². The number of nitrogens with one attached hydrogen (secondary N) is 2. The van der Waals surface area contributed by atoms with Crippen molar-refractivity contribution in [2.75, 3.05) is 24.2 Å². The van der Waals surface area contributed by atoms with Gasteiger partial charge in [-0.1, -0.05) is 23.7 Å². The summed E-state index contributed by atoms with van der Waals surface area (Å²) in [6.45, 7) is 5.41. The van der Waals surface area contributed by atoms with Crippen LogP contribution in [0.15, 0.2) is 59.6 Å². The van der Waals surface area contributed by atoms with Crippen molar-refractivity contribution >= 4 is 50.4 Å². The Morgan fingerprint density at radius 2 is 1.71 bits per heavy atom. The molecule has 16 heteroatoms. The second kappa shape index (κ2) is 13.9. The lowest BCUT2D eigenvalue weighted by molar-refractivity contribution is -0.136. The van der Waals surface area contributed by atoms with Crippen LogP contribution in [0.5, 0.6) is 5.88 Å². The average molecular weight is 721 g/mol. The molecular weight excluding hydrogens is 685 g/mol. The van der Waals surface area contributed by atoms with E-state index in [0.29, 0.717) is 25.7 Å². The summed E-state index contributed by atoms with van der Waals surface area (Å²) in [5, 5.41) is 3.30. The van der Waals surface area contributed by atoms with Crippen molar-refractivity contribution in [2.45, 2.75) is 75.2 Å². The van der Waals surface area contributed by atoms with Crippen LogP contribution in [0.1, 0.15) is 52.0 Å². The highest BCUT2D eigenvalue weighted by Gasteiger charge is 2.35. The lowest BCUT2D eigenvalue weighted by Gasteiger charge is -2.35. The van der Waals surface area contributed by atoms with Gasteiger partial charge < -0.3 is 19.7 Å². The number of alkyl halides is 3. The normalized spacial score (nSPS) is 17.0. The van der Waals surface area contributed by atoms with E-state index in [9.17, 15) is 26.4 Å². The van der Waals surface area contributed by atoms with E-state index in [1.165, 1.54) is 49.7 Å². The molecule has 2 heterocycles. The molecular formula is C33H36ClF3N6O5S. The number of hydrogen-bond acceptors (Lipinski definition) is 9. The molecule has 0 radical (unpaired) electrons. The largest absolute Gasteiger partial charge is 0.480 e. The Kier molecular flexibility index (Phi) is 10.2. The van der Waals surface area contributed by atoms with E-state index in [1.54, 1.807) is 38.8 Å². The van der Waals surface area contributed by atoms with E-state index in [4.69, 9.17) is 21.1 Å². The Morgan fingerprint density at radius 1 is 1.02 bits per heavy atom. The molecule has 0 unspecified atom stereocenters. The van der Waals surface area contributed by atoms with Gasteiger partial charge in [-0.25, -0.2) is 23.2 Å². The molecule has 2 aromatic heterocycles. The van der Waals surface area contributed by atoms with E-state index >= 15 is 0 Å². The van der Waals surface area contributed by atoms with Gasteiger partial charge in [0.25, 0.3) is 10.0 Å². The van der Waals surface area contributed by atoms with E-state index < -0.39 is 33.5 Å². The summed E-state index contributed by atoms with van der Waals surface area (Å²) in [6, 6.07) is 10.9. The third-order valence-corrected chi connectivity index (χ3v) is 9.83. The number of ether oxygens (including phenoxy) is 2. The van der Waals surface area contributed by atoms with E-state index in [-0.39, 0.29) is 61.7 Å². The minimum absolute atomic E-state index is 0.00510. The van der Waals surface area contributed by atoms with Gasteiger partial charge in [-0.3, -0.25) is 4.72 Å². The molecule has 1 fully saturated rings. The third-order valence-electron chi connectivity index (χ3n) is 7.98. The fraction of sp³-hybridized carbons (Fsp3) is 0.394. The van der Waals surface area contributed by atoms with E-state index in [0.717, 1.165) is 6.07 Å². The van der Waals surface area contributed by atoms with Gasteiger partial charge in [0, 0.05) is 36.3 Å². The smallest absolute Gasteiger partial charge is 0.418 e. The minimum atomic E-state index is -4.77. The Balaban J connectivity index is 1.37. The quantitative estimate of drug-likeness (QED) is 0.187. The summed E-state index contributed by atoms with van der Waals surface area (Å²) in [5.41, 5.74) is -1.59. The number of carbonyl (C=O) groups is 1. The van der Waals surface area contributed by atoms with Crippen molar-refractivity contribution in [3.05, 3.63) is 65.3 Å². The summed E-state index contributed by atoms with van der Waals surface area (Å²) in [5.74, 6) is -0.176. The van der Waals surface area contributed by atoms with Crippen molar-refractivity contribution in [3.63, 3.8) is 0 Å². The predicted octanol–water partition coefficient (Wildman–Crippen LogP) is 7.76. The summed E-state index contributed by atoms with van der Waals surface area (Å²) in [6.07, 6.45) is -1.19. The molecule has 1 saturated carbocycles. The number of carbonyl (C=O) groups excluding carboxylic acids is 1. The van der Waals surface area contributed by atoms with Crippen LogP contribution in [0.25, 0.3) is 22.0 Å². The fourth-order valence-corrected chi connectivity index (χ4v) is 7.11. The maximum atomic E-state index is 14.5. The first-order valence-electron chi connectivity index (χ1n) is 15.4. The fourth-order valence-electron chi connectivity index (χ4n) is 5.59. The zero-order chi connectivity index (χ0) is 35.7. The van der Waals surface area contributed by atoms with Gasteiger partial charge in [0.15, 0.2) is 0 Å². The van der Waals surface area contributed by atoms with Gasteiger partial charge in [0.2, 0.25) is 11.8 Å². The van der Waals surface area contributed by atoms with Gasteiger partial charge in [0.05, 0.1) is 23.2 Å². The van der Waals surface area contributed by atoms with Gasteiger partial charge >= 0.3 is 12.3 Å². The Bertz CT molecular complexity index is 1960. The van der Waals surface area contributed by atoms with Crippen LogP contribution in [-0.4, -0.2) is 66.2 Å². The minimum Gasteiger partial charge on any atom is -0.480 e. The molecule has 0 bridgehead atoms. The number of sulfonamides is 1. The van der Waals surface area contributed by atoms with Crippen LogP contribution >= 0.6 is 11.6 Å². The molecule has 262 valence electrons. The van der Waals surface area contributed by atoms with Crippen LogP contribution in [0.3, 0.4) is 0 Å². The molecule has 1 amide bonds. The first kappa shape index (κ1) is 35.9. The summed E-state index contributed by atoms with van der Waals surface area (Å²) >= 11 is 6.05. The van der Waals surface area contributed by atoms with Crippen molar-refractivity contribution in [1.29, 1.82) is 0 Å².